The van der Waals surface area contributed by atoms with Gasteiger partial charge in [-0.3, -0.25) is 14.0 Å². The molecule has 1 aromatic carbocycles. The molecule has 1 N–H and O–H groups in total. The molecule has 0 fully saturated rings. The first-order valence-electron chi connectivity index (χ1n) is 13.1. The van der Waals surface area contributed by atoms with Crippen molar-refractivity contribution in [2.75, 3.05) is 26.1 Å². The molecule has 0 aliphatic carbocycles. The molecule has 0 radical (unpaired) electrons. The first-order chi connectivity index (χ1) is 19.4. The molecule has 3 heterocycles. The van der Waals surface area contributed by atoms with Crippen molar-refractivity contribution in [1.29, 1.82) is 0 Å². The van der Waals surface area contributed by atoms with Crippen LogP contribution in [0.3, 0.4) is 0 Å². The SMILES string of the molecule is C=CC.CC.COc1cccc(-c2nnc(NSC(C)C(C)n3cc(C)cn3)n2-c2c(OC)cccc2OC)n1. The van der Waals surface area contributed by atoms with Gasteiger partial charge in [-0.05, 0) is 63.4 Å². The normalized spacial score (nSPS) is 11.6. The smallest absolute Gasteiger partial charge is 0.239 e. The summed E-state index contributed by atoms with van der Waals surface area (Å²) in [5.41, 5.74) is 2.38. The average Bonchev–Trinajstić information content (AvgIpc) is 3.62. The second-order valence-electron chi connectivity index (χ2n) is 8.33. The second-order valence-corrected chi connectivity index (χ2v) is 9.51. The quantitative estimate of drug-likeness (QED) is 0.164. The third-order valence-corrected chi connectivity index (χ3v) is 6.68. The molecule has 4 rings (SSSR count). The number of anilines is 1. The first-order valence-corrected chi connectivity index (χ1v) is 13.9. The van der Waals surface area contributed by atoms with Gasteiger partial charge in [-0.25, -0.2) is 4.98 Å². The van der Waals surface area contributed by atoms with Crippen molar-refractivity contribution in [1.82, 2.24) is 29.5 Å². The third-order valence-electron chi connectivity index (χ3n) is 5.61. The number of aryl methyl sites for hydroxylation is 1. The summed E-state index contributed by atoms with van der Waals surface area (Å²) in [6.07, 6.45) is 5.65. The van der Waals surface area contributed by atoms with Crippen LogP contribution in [0.5, 0.6) is 17.4 Å². The van der Waals surface area contributed by atoms with E-state index in [9.17, 15) is 0 Å². The van der Waals surface area contributed by atoms with Crippen molar-refractivity contribution >= 4 is 17.9 Å². The molecule has 4 aromatic rings. The number of aromatic nitrogens is 6. The Morgan fingerprint density at radius 2 is 1.60 bits per heavy atom. The molecule has 0 aliphatic heterocycles. The Morgan fingerprint density at radius 3 is 2.15 bits per heavy atom. The number of nitrogens with zero attached hydrogens (tertiary/aromatic N) is 6. The highest BCUT2D eigenvalue weighted by atomic mass is 32.2. The number of ether oxygens (including phenoxy) is 3. The van der Waals surface area contributed by atoms with Crippen LogP contribution in [0.2, 0.25) is 0 Å². The monoisotopic (exact) mass is 567 g/mol. The first kappa shape index (κ1) is 32.2. The van der Waals surface area contributed by atoms with Crippen LogP contribution in [0.25, 0.3) is 17.2 Å². The van der Waals surface area contributed by atoms with E-state index in [-0.39, 0.29) is 11.3 Å². The summed E-state index contributed by atoms with van der Waals surface area (Å²) in [5, 5.41) is 13.5. The van der Waals surface area contributed by atoms with Crippen LogP contribution in [-0.2, 0) is 0 Å². The summed E-state index contributed by atoms with van der Waals surface area (Å²) < 4.78 is 23.9. The van der Waals surface area contributed by atoms with Gasteiger partial charge < -0.3 is 14.2 Å². The van der Waals surface area contributed by atoms with Gasteiger partial charge in [0.05, 0.1) is 33.6 Å². The van der Waals surface area contributed by atoms with Crippen molar-refractivity contribution in [2.24, 2.45) is 0 Å². The standard InChI is InChI=1S/C24H29N7O3S.C3H6.C2H6/c1-15-13-25-30(14-15)16(2)17(3)35-29-24-28-27-23(18-9-7-12-21(26-18)34-6)31(24)22-19(32-4)10-8-11-20(22)33-5;1-3-2;1-2/h7-14,16-17H,1-6H3,(H,28,29);3H,1H2,2H3;1-2H3. The molecular formula is C29H41N7O3S. The number of allylic oxidation sites excluding steroid dienone is 1. The maximum atomic E-state index is 5.68. The van der Waals surface area contributed by atoms with E-state index in [0.29, 0.717) is 40.5 Å². The molecule has 2 atom stereocenters. The van der Waals surface area contributed by atoms with E-state index in [0.717, 1.165) is 5.56 Å². The number of para-hydroxylation sites is 1. The molecule has 216 valence electrons. The molecular weight excluding hydrogens is 526 g/mol. The van der Waals surface area contributed by atoms with Gasteiger partial charge in [-0.15, -0.1) is 16.8 Å². The average molecular weight is 568 g/mol. The molecule has 3 aromatic heterocycles. The van der Waals surface area contributed by atoms with Gasteiger partial charge >= 0.3 is 0 Å². The van der Waals surface area contributed by atoms with Crippen LogP contribution >= 0.6 is 11.9 Å². The van der Waals surface area contributed by atoms with E-state index in [4.69, 9.17) is 14.2 Å². The Bertz CT molecular complexity index is 1320. The summed E-state index contributed by atoms with van der Waals surface area (Å²) in [5.74, 6) is 2.71. The fourth-order valence-corrected chi connectivity index (χ4v) is 4.29. The molecule has 11 heteroatoms. The van der Waals surface area contributed by atoms with Crippen molar-refractivity contribution < 1.29 is 14.2 Å². The van der Waals surface area contributed by atoms with Crippen LogP contribution in [-0.4, -0.2) is 56.1 Å². The summed E-state index contributed by atoms with van der Waals surface area (Å²) in [6, 6.07) is 11.2. The number of hydrogen-bond acceptors (Lipinski definition) is 9. The molecule has 0 saturated carbocycles. The highest BCUT2D eigenvalue weighted by Gasteiger charge is 2.24. The van der Waals surface area contributed by atoms with Crippen LogP contribution in [0.1, 0.15) is 46.2 Å². The lowest BCUT2D eigenvalue weighted by atomic mass is 10.2. The van der Waals surface area contributed by atoms with Gasteiger partial charge in [0.1, 0.15) is 22.9 Å². The summed E-state index contributed by atoms with van der Waals surface area (Å²) in [7, 11) is 4.81. The highest BCUT2D eigenvalue weighted by Crippen LogP contribution is 2.38. The van der Waals surface area contributed by atoms with Gasteiger partial charge in [-0.1, -0.05) is 32.1 Å². The summed E-state index contributed by atoms with van der Waals surface area (Å²) in [4.78, 5) is 4.56. The van der Waals surface area contributed by atoms with E-state index in [2.05, 4.69) is 45.4 Å². The number of benzene rings is 1. The maximum absolute atomic E-state index is 5.68. The highest BCUT2D eigenvalue weighted by molar-refractivity contribution is 8.01. The molecule has 0 bridgehead atoms. The van der Waals surface area contributed by atoms with E-state index >= 15 is 0 Å². The molecule has 2 unspecified atom stereocenters. The molecule has 0 aliphatic rings. The van der Waals surface area contributed by atoms with Crippen molar-refractivity contribution in [2.45, 2.75) is 52.8 Å². The fourth-order valence-electron chi connectivity index (χ4n) is 3.55. The minimum absolute atomic E-state index is 0.151. The third kappa shape index (κ3) is 7.78. The van der Waals surface area contributed by atoms with Crippen LogP contribution in [0.15, 0.2) is 61.4 Å². The predicted molar refractivity (Wildman–Crippen MR) is 164 cm³/mol. The maximum Gasteiger partial charge on any atom is 0.239 e. The Hall–Kier alpha value is -3.99. The van der Waals surface area contributed by atoms with Crippen LogP contribution < -0.4 is 18.9 Å². The lowest BCUT2D eigenvalue weighted by molar-refractivity contribution is 0.391. The van der Waals surface area contributed by atoms with Gasteiger partial charge in [0.25, 0.3) is 0 Å². The summed E-state index contributed by atoms with van der Waals surface area (Å²) in [6.45, 7) is 15.5. The number of methoxy groups -OCH3 is 3. The van der Waals surface area contributed by atoms with Gasteiger partial charge in [-0.2, -0.15) is 5.10 Å². The number of rotatable bonds is 10. The van der Waals surface area contributed by atoms with Crippen molar-refractivity contribution in [3.8, 4) is 34.6 Å². The van der Waals surface area contributed by atoms with E-state index in [1.54, 1.807) is 33.5 Å². The van der Waals surface area contributed by atoms with Gasteiger partial charge in [0.15, 0.2) is 5.82 Å². The zero-order valence-corrected chi connectivity index (χ0v) is 25.7. The second kappa shape index (κ2) is 16.2. The Balaban J connectivity index is 0.00000105. The molecule has 0 amide bonds. The summed E-state index contributed by atoms with van der Waals surface area (Å²) >= 11 is 1.53. The molecule has 0 saturated heterocycles. The van der Waals surface area contributed by atoms with Gasteiger partial charge in [0.2, 0.25) is 11.8 Å². The Morgan fingerprint density at radius 1 is 0.975 bits per heavy atom. The lowest BCUT2D eigenvalue weighted by Crippen LogP contribution is -2.18. The number of hydrogen-bond donors (Lipinski definition) is 1. The molecule has 0 spiro atoms. The molecule has 10 nitrogen and oxygen atoms in total. The van der Waals surface area contributed by atoms with E-state index in [1.165, 1.54) is 11.9 Å². The fraction of sp³-hybridized carbons (Fsp3) is 0.379. The zero-order valence-electron chi connectivity index (χ0n) is 24.9. The minimum Gasteiger partial charge on any atom is -0.494 e. The number of nitrogens with one attached hydrogen (secondary N) is 1. The van der Waals surface area contributed by atoms with Crippen LogP contribution in [0.4, 0.5) is 5.95 Å². The number of pyridine rings is 1. The van der Waals surface area contributed by atoms with Gasteiger partial charge in [0, 0.05) is 17.5 Å². The zero-order chi connectivity index (χ0) is 29.7. The Labute approximate surface area is 241 Å². The topological polar surface area (TPSA) is 101 Å². The van der Waals surface area contributed by atoms with E-state index in [1.807, 2.05) is 79.7 Å². The Kier molecular flexibility index (Phi) is 13.0. The molecule has 40 heavy (non-hydrogen) atoms. The van der Waals surface area contributed by atoms with Crippen LogP contribution in [0, 0.1) is 6.92 Å². The minimum atomic E-state index is 0.151. The van der Waals surface area contributed by atoms with E-state index < -0.39 is 0 Å². The predicted octanol–water partition coefficient (Wildman–Crippen LogP) is 6.79. The van der Waals surface area contributed by atoms with Crippen molar-refractivity contribution in [3.05, 3.63) is 67.0 Å². The lowest BCUT2D eigenvalue weighted by Gasteiger charge is -2.21. The van der Waals surface area contributed by atoms with Crippen molar-refractivity contribution in [3.63, 3.8) is 0 Å². The largest absolute Gasteiger partial charge is 0.494 e.